The van der Waals surface area contributed by atoms with Crippen molar-refractivity contribution < 1.29 is 14.0 Å². The highest BCUT2D eigenvalue weighted by Crippen LogP contribution is 2.19. The van der Waals surface area contributed by atoms with Crippen molar-refractivity contribution in [2.24, 2.45) is 7.05 Å². The van der Waals surface area contributed by atoms with Crippen LogP contribution in [0, 0.1) is 5.82 Å². The SMILES string of the molecule is CC(NC(=O)c1n[nH]c2ccccc12)C(=O)Nc1nc2cc(F)ccc2n1C. The first-order valence-corrected chi connectivity index (χ1v) is 8.61. The predicted octanol–water partition coefficient (Wildman–Crippen LogP) is 2.35. The number of aromatic nitrogens is 4. The van der Waals surface area contributed by atoms with Crippen LogP contribution in [-0.2, 0) is 11.8 Å². The molecule has 0 saturated carbocycles. The number of carbonyl (C=O) groups excluding carboxylic acids is 2. The number of nitrogens with zero attached hydrogens (tertiary/aromatic N) is 3. The third kappa shape index (κ3) is 3.07. The molecule has 2 aromatic heterocycles. The van der Waals surface area contributed by atoms with Crippen LogP contribution in [0.25, 0.3) is 21.9 Å². The number of fused-ring (bicyclic) bond motifs is 2. The summed E-state index contributed by atoms with van der Waals surface area (Å²) >= 11 is 0. The number of imidazole rings is 1. The summed E-state index contributed by atoms with van der Waals surface area (Å²) in [6.07, 6.45) is 0. The summed E-state index contributed by atoms with van der Waals surface area (Å²) in [6, 6.07) is 10.6. The van der Waals surface area contributed by atoms with Crippen molar-refractivity contribution in [3.05, 3.63) is 54.0 Å². The number of benzene rings is 2. The molecule has 142 valence electrons. The molecular formula is C19H17FN6O2. The molecule has 28 heavy (non-hydrogen) atoms. The fourth-order valence-corrected chi connectivity index (χ4v) is 2.97. The van der Waals surface area contributed by atoms with Gasteiger partial charge in [0.15, 0.2) is 5.69 Å². The molecule has 8 nitrogen and oxygen atoms in total. The van der Waals surface area contributed by atoms with Gasteiger partial charge in [-0.2, -0.15) is 5.10 Å². The average Bonchev–Trinajstić information content (AvgIpc) is 3.23. The number of hydrogen-bond acceptors (Lipinski definition) is 4. The van der Waals surface area contributed by atoms with Gasteiger partial charge in [-0.1, -0.05) is 18.2 Å². The number of nitrogens with one attached hydrogen (secondary N) is 3. The molecule has 1 unspecified atom stereocenters. The Balaban J connectivity index is 1.49. The van der Waals surface area contributed by atoms with Crippen LogP contribution in [0.2, 0.25) is 0 Å². The Bertz CT molecular complexity index is 1210. The fourth-order valence-electron chi connectivity index (χ4n) is 2.97. The van der Waals surface area contributed by atoms with Crippen molar-refractivity contribution in [2.45, 2.75) is 13.0 Å². The van der Waals surface area contributed by atoms with Gasteiger partial charge in [0.2, 0.25) is 11.9 Å². The molecule has 0 radical (unpaired) electrons. The van der Waals surface area contributed by atoms with Crippen molar-refractivity contribution in [3.8, 4) is 0 Å². The lowest BCUT2D eigenvalue weighted by Gasteiger charge is -2.13. The molecule has 1 atom stereocenters. The van der Waals surface area contributed by atoms with Gasteiger partial charge in [-0.15, -0.1) is 0 Å². The first-order chi connectivity index (χ1) is 13.4. The third-order valence-corrected chi connectivity index (χ3v) is 4.50. The number of para-hydroxylation sites is 1. The van der Waals surface area contributed by atoms with Crippen LogP contribution in [0.15, 0.2) is 42.5 Å². The van der Waals surface area contributed by atoms with Crippen LogP contribution in [-0.4, -0.2) is 37.6 Å². The van der Waals surface area contributed by atoms with Crippen molar-refractivity contribution in [1.29, 1.82) is 0 Å². The molecule has 9 heteroatoms. The minimum Gasteiger partial charge on any atom is -0.339 e. The Kier molecular flexibility index (Phi) is 4.26. The Morgan fingerprint density at radius 2 is 2.00 bits per heavy atom. The van der Waals surface area contributed by atoms with Gasteiger partial charge in [-0.05, 0) is 25.1 Å². The number of aryl methyl sites for hydroxylation is 1. The number of carbonyl (C=O) groups is 2. The second kappa shape index (κ2) is 6.76. The maximum absolute atomic E-state index is 13.4. The molecule has 2 amide bonds. The molecule has 2 aromatic carbocycles. The van der Waals surface area contributed by atoms with Gasteiger partial charge in [-0.3, -0.25) is 20.0 Å². The monoisotopic (exact) mass is 380 g/mol. The van der Waals surface area contributed by atoms with E-state index in [1.165, 1.54) is 12.1 Å². The number of halogens is 1. The minimum absolute atomic E-state index is 0.216. The Hall–Kier alpha value is -3.75. The largest absolute Gasteiger partial charge is 0.339 e. The number of rotatable bonds is 4. The van der Waals surface area contributed by atoms with E-state index in [2.05, 4.69) is 25.8 Å². The molecule has 0 aliphatic heterocycles. The number of amides is 2. The highest BCUT2D eigenvalue weighted by Gasteiger charge is 2.21. The topological polar surface area (TPSA) is 105 Å². The fraction of sp³-hybridized carbons (Fsp3) is 0.158. The molecule has 3 N–H and O–H groups in total. The first kappa shape index (κ1) is 17.7. The van der Waals surface area contributed by atoms with Gasteiger partial charge < -0.3 is 9.88 Å². The molecular weight excluding hydrogens is 363 g/mol. The van der Waals surface area contributed by atoms with E-state index >= 15 is 0 Å². The van der Waals surface area contributed by atoms with E-state index < -0.39 is 23.7 Å². The van der Waals surface area contributed by atoms with Crippen LogP contribution in [0.3, 0.4) is 0 Å². The molecule has 0 aliphatic rings. The number of H-pyrrole nitrogens is 1. The van der Waals surface area contributed by atoms with E-state index in [4.69, 9.17) is 0 Å². The Morgan fingerprint density at radius 1 is 1.21 bits per heavy atom. The van der Waals surface area contributed by atoms with E-state index in [0.29, 0.717) is 16.4 Å². The molecule has 0 bridgehead atoms. The third-order valence-electron chi connectivity index (χ3n) is 4.50. The van der Waals surface area contributed by atoms with Gasteiger partial charge in [0, 0.05) is 18.5 Å². The highest BCUT2D eigenvalue weighted by atomic mass is 19.1. The zero-order chi connectivity index (χ0) is 19.8. The highest BCUT2D eigenvalue weighted by molar-refractivity contribution is 6.06. The second-order valence-electron chi connectivity index (χ2n) is 6.43. The lowest BCUT2D eigenvalue weighted by molar-refractivity contribution is -0.117. The number of hydrogen-bond donors (Lipinski definition) is 3. The molecule has 4 aromatic rings. The standard InChI is InChI=1S/C19H17FN6O2/c1-10(21-18(28)16-12-5-3-4-6-13(12)24-25-16)17(27)23-19-22-14-9-11(20)7-8-15(14)26(19)2/h3-10H,1-2H3,(H,21,28)(H,24,25)(H,22,23,27). The predicted molar refractivity (Wildman–Crippen MR) is 102 cm³/mol. The van der Waals surface area contributed by atoms with Gasteiger partial charge in [0.1, 0.15) is 11.9 Å². The van der Waals surface area contributed by atoms with Crippen molar-refractivity contribution in [3.63, 3.8) is 0 Å². The molecule has 2 heterocycles. The van der Waals surface area contributed by atoms with Crippen LogP contribution in [0.4, 0.5) is 10.3 Å². The summed E-state index contributed by atoms with van der Waals surface area (Å²) in [5.41, 5.74) is 2.05. The number of anilines is 1. The summed E-state index contributed by atoms with van der Waals surface area (Å²) in [5, 5.41) is 12.8. The average molecular weight is 380 g/mol. The summed E-state index contributed by atoms with van der Waals surface area (Å²) in [5.74, 6) is -1.06. The van der Waals surface area contributed by atoms with Gasteiger partial charge in [-0.25, -0.2) is 9.37 Å². The van der Waals surface area contributed by atoms with Crippen molar-refractivity contribution in [1.82, 2.24) is 25.1 Å². The molecule has 0 aliphatic carbocycles. The summed E-state index contributed by atoms with van der Waals surface area (Å²) in [6.45, 7) is 1.56. The lowest BCUT2D eigenvalue weighted by Crippen LogP contribution is -2.42. The summed E-state index contributed by atoms with van der Waals surface area (Å²) in [4.78, 5) is 29.2. The summed E-state index contributed by atoms with van der Waals surface area (Å²) < 4.78 is 15.0. The maximum Gasteiger partial charge on any atom is 0.273 e. The van der Waals surface area contributed by atoms with Gasteiger partial charge >= 0.3 is 0 Å². The normalized spacial score (nSPS) is 12.2. The molecule has 4 rings (SSSR count). The van der Waals surface area contributed by atoms with Crippen molar-refractivity contribution >= 4 is 39.7 Å². The van der Waals surface area contributed by atoms with Crippen LogP contribution in [0.5, 0.6) is 0 Å². The second-order valence-corrected chi connectivity index (χ2v) is 6.43. The maximum atomic E-state index is 13.4. The quantitative estimate of drug-likeness (QED) is 0.505. The van der Waals surface area contributed by atoms with Crippen LogP contribution in [0.1, 0.15) is 17.4 Å². The van der Waals surface area contributed by atoms with E-state index in [1.54, 1.807) is 36.7 Å². The van der Waals surface area contributed by atoms with E-state index in [-0.39, 0.29) is 11.6 Å². The zero-order valence-electron chi connectivity index (χ0n) is 15.2. The number of aromatic amines is 1. The smallest absolute Gasteiger partial charge is 0.273 e. The summed E-state index contributed by atoms with van der Waals surface area (Å²) in [7, 11) is 1.71. The minimum atomic E-state index is -0.834. The zero-order valence-corrected chi connectivity index (χ0v) is 15.2. The van der Waals surface area contributed by atoms with Crippen LogP contribution >= 0.6 is 0 Å². The molecule has 0 saturated heterocycles. The van der Waals surface area contributed by atoms with Crippen molar-refractivity contribution in [2.75, 3.05) is 5.32 Å². The molecule has 0 spiro atoms. The van der Waals surface area contributed by atoms with Gasteiger partial charge in [0.05, 0.1) is 16.6 Å². The van der Waals surface area contributed by atoms with E-state index in [1.807, 2.05) is 12.1 Å². The lowest BCUT2D eigenvalue weighted by atomic mass is 10.2. The Morgan fingerprint density at radius 3 is 2.82 bits per heavy atom. The van der Waals surface area contributed by atoms with E-state index in [9.17, 15) is 14.0 Å². The Labute approximate surface area is 158 Å². The van der Waals surface area contributed by atoms with E-state index in [0.717, 1.165) is 5.52 Å². The first-order valence-electron chi connectivity index (χ1n) is 8.61. The van der Waals surface area contributed by atoms with Crippen LogP contribution < -0.4 is 10.6 Å². The van der Waals surface area contributed by atoms with Gasteiger partial charge in [0.25, 0.3) is 5.91 Å². The molecule has 0 fully saturated rings.